The maximum absolute atomic E-state index is 10.3. The van der Waals surface area contributed by atoms with Crippen molar-refractivity contribution in [1.82, 2.24) is 0 Å². The van der Waals surface area contributed by atoms with Crippen molar-refractivity contribution in [2.75, 3.05) is 0 Å². The van der Waals surface area contributed by atoms with Crippen LogP contribution < -0.4 is 0 Å². The minimum Gasteiger partial charge on any atom is -0.481 e. The Bertz CT molecular complexity index is 150. The Balaban J connectivity index is 3.65. The number of carboxylic acid groups (broad SMARTS) is 1. The maximum atomic E-state index is 10.3. The second kappa shape index (κ2) is 5.71. The van der Waals surface area contributed by atoms with Crippen LogP contribution in [-0.4, -0.2) is 11.1 Å². The largest absolute Gasteiger partial charge is 0.481 e. The summed E-state index contributed by atoms with van der Waals surface area (Å²) in [5.74, 6) is -0.676. The molecule has 0 aromatic heterocycles. The van der Waals surface area contributed by atoms with Gasteiger partial charge in [-0.05, 0) is 18.8 Å². The molecule has 11 heavy (non-hydrogen) atoms. The predicted octanol–water partition coefficient (Wildman–Crippen LogP) is 2.23. The lowest BCUT2D eigenvalue weighted by Crippen LogP contribution is -2.04. The second-order valence-electron chi connectivity index (χ2n) is 2.46. The van der Waals surface area contributed by atoms with Gasteiger partial charge in [0.1, 0.15) is 0 Å². The van der Waals surface area contributed by atoms with Crippen molar-refractivity contribution >= 4 is 5.97 Å². The van der Waals surface area contributed by atoms with Crippen LogP contribution in [0, 0.1) is 5.92 Å². The van der Waals surface area contributed by atoms with E-state index in [1.54, 1.807) is 12.2 Å². The Morgan fingerprint density at radius 1 is 1.55 bits per heavy atom. The van der Waals surface area contributed by atoms with Gasteiger partial charge in [0.2, 0.25) is 0 Å². The zero-order chi connectivity index (χ0) is 8.69. The summed E-state index contributed by atoms with van der Waals surface area (Å²) in [6.45, 7) is 7.13. The number of carbonyl (C=O) groups is 1. The molecule has 1 unspecified atom stereocenters. The summed E-state index contributed by atoms with van der Waals surface area (Å²) in [6, 6.07) is 0. The summed E-state index contributed by atoms with van der Waals surface area (Å²) in [4.78, 5) is 10.3. The van der Waals surface area contributed by atoms with Crippen molar-refractivity contribution in [1.29, 1.82) is 0 Å². The summed E-state index contributed by atoms with van der Waals surface area (Å²) in [7, 11) is 0. The highest BCUT2D eigenvalue weighted by atomic mass is 16.4. The van der Waals surface area contributed by atoms with Crippen LogP contribution in [0.2, 0.25) is 0 Å². The third-order valence-electron chi connectivity index (χ3n) is 1.51. The fourth-order valence-corrected chi connectivity index (χ4v) is 0.859. The first-order valence-electron chi connectivity index (χ1n) is 3.66. The third kappa shape index (κ3) is 5.40. The van der Waals surface area contributed by atoms with Crippen LogP contribution in [-0.2, 0) is 4.79 Å². The Kier molecular flexibility index (Phi) is 5.17. The minimum atomic E-state index is -0.765. The lowest BCUT2D eigenvalue weighted by Gasteiger charge is -2.06. The zero-order valence-corrected chi connectivity index (χ0v) is 6.62. The Labute approximate surface area is 67.2 Å². The molecule has 2 nitrogen and oxygen atoms in total. The predicted molar refractivity (Wildman–Crippen MR) is 45.4 cm³/mol. The highest BCUT2D eigenvalue weighted by molar-refractivity contribution is 5.67. The van der Waals surface area contributed by atoms with Crippen molar-refractivity contribution in [3.05, 3.63) is 25.3 Å². The first kappa shape index (κ1) is 9.95. The Morgan fingerprint density at radius 3 is 2.55 bits per heavy atom. The highest BCUT2D eigenvalue weighted by Crippen LogP contribution is 2.12. The molecular weight excluding hydrogens is 140 g/mol. The molecule has 1 atom stereocenters. The number of hydrogen-bond donors (Lipinski definition) is 1. The molecule has 0 fully saturated rings. The van der Waals surface area contributed by atoms with E-state index in [1.165, 1.54) is 0 Å². The average molecular weight is 154 g/mol. The molecule has 0 saturated carbocycles. The van der Waals surface area contributed by atoms with Crippen LogP contribution in [0.1, 0.15) is 19.3 Å². The van der Waals surface area contributed by atoms with Crippen LogP contribution in [0.25, 0.3) is 0 Å². The summed E-state index contributed by atoms with van der Waals surface area (Å²) in [5.41, 5.74) is 0. The zero-order valence-electron chi connectivity index (χ0n) is 6.62. The van der Waals surface area contributed by atoms with E-state index in [0.29, 0.717) is 0 Å². The standard InChI is InChI=1S/C9H14O2/c1-3-5-6-8(4-2)7-9(10)11/h3-4,8H,1-2,5-7H2,(H,10,11). The molecule has 62 valence electrons. The lowest BCUT2D eigenvalue weighted by atomic mass is 10.00. The fraction of sp³-hybridized carbons (Fsp3) is 0.444. The number of rotatable bonds is 6. The van der Waals surface area contributed by atoms with E-state index in [1.807, 2.05) is 0 Å². The first-order chi connectivity index (χ1) is 5.20. The monoisotopic (exact) mass is 154 g/mol. The second-order valence-corrected chi connectivity index (χ2v) is 2.46. The molecule has 2 heteroatoms. The van der Waals surface area contributed by atoms with Gasteiger partial charge in [-0.2, -0.15) is 0 Å². The van der Waals surface area contributed by atoms with E-state index in [2.05, 4.69) is 13.2 Å². The van der Waals surface area contributed by atoms with E-state index >= 15 is 0 Å². The molecule has 0 aliphatic rings. The van der Waals surface area contributed by atoms with Gasteiger partial charge in [0.25, 0.3) is 0 Å². The van der Waals surface area contributed by atoms with Gasteiger partial charge < -0.3 is 5.11 Å². The Hall–Kier alpha value is -1.05. The number of allylic oxidation sites excluding steroid dienone is 2. The van der Waals surface area contributed by atoms with Gasteiger partial charge >= 0.3 is 5.97 Å². The quantitative estimate of drug-likeness (QED) is 0.595. The van der Waals surface area contributed by atoms with Crippen molar-refractivity contribution in [3.63, 3.8) is 0 Å². The molecule has 0 aromatic rings. The normalized spacial score (nSPS) is 12.0. The maximum Gasteiger partial charge on any atom is 0.303 e. The third-order valence-corrected chi connectivity index (χ3v) is 1.51. The summed E-state index contributed by atoms with van der Waals surface area (Å²) in [6.07, 6.45) is 5.34. The van der Waals surface area contributed by atoms with Gasteiger partial charge in [-0.1, -0.05) is 12.2 Å². The molecule has 0 spiro atoms. The fourth-order valence-electron chi connectivity index (χ4n) is 0.859. The van der Waals surface area contributed by atoms with E-state index in [0.717, 1.165) is 12.8 Å². The van der Waals surface area contributed by atoms with E-state index in [9.17, 15) is 4.79 Å². The van der Waals surface area contributed by atoms with Gasteiger partial charge in [-0.15, -0.1) is 13.2 Å². The number of aliphatic carboxylic acids is 1. The van der Waals surface area contributed by atoms with Gasteiger partial charge in [-0.3, -0.25) is 4.79 Å². The molecule has 0 amide bonds. The van der Waals surface area contributed by atoms with Crippen LogP contribution in [0.3, 0.4) is 0 Å². The van der Waals surface area contributed by atoms with Gasteiger partial charge in [0.15, 0.2) is 0 Å². The van der Waals surface area contributed by atoms with Gasteiger partial charge in [-0.25, -0.2) is 0 Å². The van der Waals surface area contributed by atoms with E-state index in [-0.39, 0.29) is 12.3 Å². The highest BCUT2D eigenvalue weighted by Gasteiger charge is 2.07. The molecule has 0 rings (SSSR count). The smallest absolute Gasteiger partial charge is 0.303 e. The van der Waals surface area contributed by atoms with Crippen molar-refractivity contribution < 1.29 is 9.90 Å². The van der Waals surface area contributed by atoms with Crippen molar-refractivity contribution in [2.24, 2.45) is 5.92 Å². The van der Waals surface area contributed by atoms with Crippen LogP contribution in [0.15, 0.2) is 25.3 Å². The lowest BCUT2D eigenvalue weighted by molar-refractivity contribution is -0.137. The van der Waals surface area contributed by atoms with Crippen molar-refractivity contribution in [3.8, 4) is 0 Å². The van der Waals surface area contributed by atoms with Crippen LogP contribution in [0.5, 0.6) is 0 Å². The molecular formula is C9H14O2. The number of hydrogen-bond acceptors (Lipinski definition) is 1. The summed E-state index contributed by atoms with van der Waals surface area (Å²) >= 11 is 0. The van der Waals surface area contributed by atoms with Crippen LogP contribution >= 0.6 is 0 Å². The molecule has 0 aliphatic carbocycles. The van der Waals surface area contributed by atoms with Crippen LogP contribution in [0.4, 0.5) is 0 Å². The summed E-state index contributed by atoms with van der Waals surface area (Å²) in [5, 5.41) is 8.44. The molecule has 0 aromatic carbocycles. The van der Waals surface area contributed by atoms with Gasteiger partial charge in [0.05, 0.1) is 6.42 Å². The van der Waals surface area contributed by atoms with E-state index in [4.69, 9.17) is 5.11 Å². The SMILES string of the molecule is C=CCCC(C=C)CC(=O)O. The van der Waals surface area contributed by atoms with Crippen molar-refractivity contribution in [2.45, 2.75) is 19.3 Å². The Morgan fingerprint density at radius 2 is 2.18 bits per heavy atom. The average Bonchev–Trinajstić information content (AvgIpc) is 1.97. The first-order valence-corrected chi connectivity index (χ1v) is 3.66. The molecule has 0 bridgehead atoms. The number of carboxylic acids is 1. The molecule has 1 N–H and O–H groups in total. The molecule has 0 radical (unpaired) electrons. The van der Waals surface area contributed by atoms with E-state index < -0.39 is 5.97 Å². The molecule has 0 saturated heterocycles. The topological polar surface area (TPSA) is 37.3 Å². The molecule has 0 heterocycles. The van der Waals surface area contributed by atoms with Gasteiger partial charge in [0, 0.05) is 0 Å². The minimum absolute atomic E-state index is 0.0884. The summed E-state index contributed by atoms with van der Waals surface area (Å²) < 4.78 is 0. The molecule has 0 aliphatic heterocycles.